The first-order chi connectivity index (χ1) is 14.0. The lowest BCUT2D eigenvalue weighted by Crippen LogP contribution is -2.39. The van der Waals surface area contributed by atoms with Crippen molar-refractivity contribution in [3.63, 3.8) is 0 Å². The van der Waals surface area contributed by atoms with E-state index in [2.05, 4.69) is 20.8 Å². The average molecular weight is 395 g/mol. The summed E-state index contributed by atoms with van der Waals surface area (Å²) >= 11 is 0. The van der Waals surface area contributed by atoms with E-state index >= 15 is 0 Å². The third-order valence-electron chi connectivity index (χ3n) is 4.83. The smallest absolute Gasteiger partial charge is 0.253 e. The molecular formula is C21H25N5O3. The Morgan fingerprint density at radius 1 is 1.24 bits per heavy atom. The monoisotopic (exact) mass is 395 g/mol. The van der Waals surface area contributed by atoms with Crippen LogP contribution in [0.5, 0.6) is 0 Å². The minimum atomic E-state index is -0.384. The van der Waals surface area contributed by atoms with Gasteiger partial charge in [0.1, 0.15) is 11.3 Å². The molecule has 0 aliphatic carbocycles. The Morgan fingerprint density at radius 2 is 1.97 bits per heavy atom. The number of pyridine rings is 1. The molecule has 1 aliphatic rings. The van der Waals surface area contributed by atoms with Crippen LogP contribution >= 0.6 is 0 Å². The van der Waals surface area contributed by atoms with Crippen LogP contribution < -0.4 is 10.6 Å². The van der Waals surface area contributed by atoms with Crippen LogP contribution in [0.15, 0.2) is 60.2 Å². The highest BCUT2D eigenvalue weighted by molar-refractivity contribution is 5.94. The number of rotatable bonds is 4. The molecule has 8 nitrogen and oxygen atoms in total. The fourth-order valence-corrected chi connectivity index (χ4v) is 2.98. The van der Waals surface area contributed by atoms with E-state index in [4.69, 9.17) is 0 Å². The van der Waals surface area contributed by atoms with Crippen molar-refractivity contribution in [2.45, 2.75) is 31.9 Å². The molecule has 1 amide bonds. The second-order valence-corrected chi connectivity index (χ2v) is 7.30. The van der Waals surface area contributed by atoms with Crippen molar-refractivity contribution in [2.24, 2.45) is 5.18 Å². The van der Waals surface area contributed by atoms with E-state index in [1.807, 2.05) is 6.92 Å². The van der Waals surface area contributed by atoms with Crippen molar-refractivity contribution >= 4 is 17.2 Å². The van der Waals surface area contributed by atoms with E-state index in [1.165, 1.54) is 0 Å². The first-order valence-electron chi connectivity index (χ1n) is 9.53. The summed E-state index contributed by atoms with van der Waals surface area (Å²) < 4.78 is 1.79. The Hall–Kier alpha value is -3.10. The number of fused-ring (bicyclic) bond motifs is 1. The molecule has 8 heteroatoms. The van der Waals surface area contributed by atoms with E-state index in [0.29, 0.717) is 17.8 Å². The zero-order chi connectivity index (χ0) is 20.7. The van der Waals surface area contributed by atoms with Gasteiger partial charge >= 0.3 is 0 Å². The zero-order valence-electron chi connectivity index (χ0n) is 16.3. The number of carbonyl (C=O) groups is 1. The van der Waals surface area contributed by atoms with Gasteiger partial charge in [-0.2, -0.15) is 0 Å². The van der Waals surface area contributed by atoms with Gasteiger partial charge in [0.2, 0.25) is 0 Å². The molecule has 1 saturated heterocycles. The van der Waals surface area contributed by atoms with Gasteiger partial charge in [-0.25, -0.2) is 4.98 Å². The zero-order valence-corrected chi connectivity index (χ0v) is 16.3. The van der Waals surface area contributed by atoms with E-state index in [9.17, 15) is 14.8 Å². The lowest BCUT2D eigenvalue weighted by atomic mass is 9.95. The molecule has 0 bridgehead atoms. The number of amides is 1. The lowest BCUT2D eigenvalue weighted by Gasteiger charge is -2.27. The normalized spacial score (nSPS) is 15.2. The van der Waals surface area contributed by atoms with Crippen LogP contribution in [-0.2, 0) is 6.54 Å². The van der Waals surface area contributed by atoms with E-state index in [1.54, 1.807) is 59.4 Å². The van der Waals surface area contributed by atoms with Gasteiger partial charge in [-0.3, -0.25) is 4.79 Å². The number of piperidine rings is 1. The summed E-state index contributed by atoms with van der Waals surface area (Å²) in [5.74, 6) is -0.164. The van der Waals surface area contributed by atoms with Crippen LogP contribution in [0, 0.1) is 4.91 Å². The fourth-order valence-electron chi connectivity index (χ4n) is 2.98. The Morgan fingerprint density at radius 3 is 2.59 bits per heavy atom. The van der Waals surface area contributed by atoms with Crippen LogP contribution in [0.3, 0.4) is 0 Å². The van der Waals surface area contributed by atoms with Crippen LogP contribution in [0.2, 0.25) is 0 Å². The molecule has 2 aromatic heterocycles. The number of nitroso groups, excluding NO2 is 1. The molecule has 1 aliphatic heterocycles. The fraction of sp³-hybridized carbons (Fsp3) is 0.333. The highest BCUT2D eigenvalue weighted by atomic mass is 16.3. The van der Waals surface area contributed by atoms with Gasteiger partial charge in [-0.1, -0.05) is 12.1 Å². The second-order valence-electron chi connectivity index (χ2n) is 7.30. The molecular weight excluding hydrogens is 370 g/mol. The Bertz CT molecular complexity index is 958. The number of benzene rings is 1. The summed E-state index contributed by atoms with van der Waals surface area (Å²) in [6, 6.07) is 10.3. The number of carbonyl (C=O) groups excluding carboxylic acids is 1. The number of hydrogen-bond donors (Lipinski definition) is 3. The van der Waals surface area contributed by atoms with Crippen molar-refractivity contribution in [3.05, 3.63) is 71.0 Å². The van der Waals surface area contributed by atoms with Crippen molar-refractivity contribution in [1.29, 1.82) is 0 Å². The predicted octanol–water partition coefficient (Wildman–Crippen LogP) is 2.78. The molecule has 3 heterocycles. The van der Waals surface area contributed by atoms with Gasteiger partial charge in [0.25, 0.3) is 5.91 Å². The number of aromatic nitrogens is 2. The number of nitrogens with zero attached hydrogens (tertiary/aromatic N) is 3. The van der Waals surface area contributed by atoms with Gasteiger partial charge in [0.05, 0.1) is 11.2 Å². The maximum absolute atomic E-state index is 12.1. The molecule has 0 spiro atoms. The molecule has 0 atom stereocenters. The Balaban J connectivity index is 0.000000252. The minimum Gasteiger partial charge on any atom is -0.390 e. The molecule has 1 aromatic carbocycles. The molecule has 0 saturated carbocycles. The van der Waals surface area contributed by atoms with E-state index in [-0.39, 0.29) is 11.5 Å². The topological polar surface area (TPSA) is 108 Å². The maximum Gasteiger partial charge on any atom is 0.253 e. The molecule has 152 valence electrons. The van der Waals surface area contributed by atoms with E-state index < -0.39 is 0 Å². The summed E-state index contributed by atoms with van der Waals surface area (Å²) in [5, 5.41) is 18.2. The van der Waals surface area contributed by atoms with Crippen molar-refractivity contribution in [2.75, 3.05) is 13.1 Å². The quantitative estimate of drug-likeness (QED) is 0.589. The van der Waals surface area contributed by atoms with Gasteiger partial charge in [-0.15, -0.1) is 4.91 Å². The Kier molecular flexibility index (Phi) is 6.69. The number of aliphatic hydroxyl groups is 1. The third-order valence-corrected chi connectivity index (χ3v) is 4.83. The summed E-state index contributed by atoms with van der Waals surface area (Å²) in [6.45, 7) is 4.22. The summed E-state index contributed by atoms with van der Waals surface area (Å²) in [4.78, 5) is 26.5. The van der Waals surface area contributed by atoms with Crippen LogP contribution in [0.25, 0.3) is 5.65 Å². The highest BCUT2D eigenvalue weighted by Crippen LogP contribution is 2.15. The van der Waals surface area contributed by atoms with E-state index in [0.717, 1.165) is 37.1 Å². The molecule has 1 fully saturated rings. The molecule has 3 N–H and O–H groups in total. The summed E-state index contributed by atoms with van der Waals surface area (Å²) in [7, 11) is 0. The molecule has 29 heavy (non-hydrogen) atoms. The number of imidazole rings is 1. The highest BCUT2D eigenvalue weighted by Gasteiger charge is 2.22. The maximum atomic E-state index is 12.1. The van der Waals surface area contributed by atoms with Gasteiger partial charge in [0.15, 0.2) is 0 Å². The van der Waals surface area contributed by atoms with Crippen molar-refractivity contribution in [3.8, 4) is 0 Å². The van der Waals surface area contributed by atoms with Crippen LogP contribution in [0.4, 0.5) is 5.69 Å². The van der Waals surface area contributed by atoms with Crippen molar-refractivity contribution in [1.82, 2.24) is 20.0 Å². The van der Waals surface area contributed by atoms with Crippen LogP contribution in [0.1, 0.15) is 35.7 Å². The van der Waals surface area contributed by atoms with Gasteiger partial charge in [-0.05, 0) is 67.9 Å². The lowest BCUT2D eigenvalue weighted by molar-refractivity contribution is 0.0291. The average Bonchev–Trinajstić information content (AvgIpc) is 3.20. The van der Waals surface area contributed by atoms with Crippen LogP contribution in [-0.4, -0.2) is 39.1 Å². The van der Waals surface area contributed by atoms with Gasteiger partial charge in [0, 0.05) is 25.1 Å². The second kappa shape index (κ2) is 9.40. The molecule has 0 unspecified atom stereocenters. The summed E-state index contributed by atoms with van der Waals surface area (Å²) in [5.41, 5.74) is 2.25. The van der Waals surface area contributed by atoms with Gasteiger partial charge < -0.3 is 20.1 Å². The third kappa shape index (κ3) is 5.94. The first kappa shape index (κ1) is 20.6. The Labute approximate surface area is 168 Å². The largest absolute Gasteiger partial charge is 0.390 e. The molecule has 4 rings (SSSR count). The number of nitrogens with one attached hydrogen (secondary N) is 2. The standard InChI is InChI=1S/C15H12N4O2.C6H13NO/c20-15(12-3-6-14-16-7-8-19(14)10-12)17-9-11-1-4-13(18-21)5-2-11;1-6(8)2-4-7-5-3-6/h1-8,10H,9H2,(H,17,20);7-8H,2-5H2,1H3. The molecule has 3 aromatic rings. The first-order valence-corrected chi connectivity index (χ1v) is 9.53. The minimum absolute atomic E-state index is 0.164. The summed E-state index contributed by atoms with van der Waals surface area (Å²) in [6.07, 6.45) is 6.99. The molecule has 0 radical (unpaired) electrons. The van der Waals surface area contributed by atoms with Crippen molar-refractivity contribution < 1.29 is 9.90 Å². The number of hydrogen-bond acceptors (Lipinski definition) is 6. The predicted molar refractivity (Wildman–Crippen MR) is 111 cm³/mol. The SMILES string of the molecule is CC1(O)CCNCC1.O=Nc1ccc(CNC(=O)c2ccc3nccn3c2)cc1.